The number of aryl methyl sites for hydroxylation is 2. The Kier molecular flexibility index (Phi) is 5.33. The molecule has 0 fully saturated rings. The summed E-state index contributed by atoms with van der Waals surface area (Å²) in [7, 11) is 1.92. The molecule has 2 aromatic carbocycles. The number of nitrogens with zero attached hydrogens (tertiary/aromatic N) is 1. The lowest BCUT2D eigenvalue weighted by Gasteiger charge is -2.07. The Morgan fingerprint density at radius 2 is 1.69 bits per heavy atom. The number of aromatic amines is 1. The van der Waals surface area contributed by atoms with Gasteiger partial charge in [-0.1, -0.05) is 36.4 Å². The van der Waals surface area contributed by atoms with Crippen LogP contribution in [0.4, 0.5) is 0 Å². The number of nitrogens with one attached hydrogen (secondary N) is 3. The molecule has 6 nitrogen and oxygen atoms in total. The molecule has 0 aliphatic heterocycles. The van der Waals surface area contributed by atoms with Gasteiger partial charge in [0.1, 0.15) is 0 Å². The highest BCUT2D eigenvalue weighted by atomic mass is 16.2. The highest BCUT2D eigenvalue weighted by Crippen LogP contribution is 2.20. The Morgan fingerprint density at radius 3 is 2.55 bits per heavy atom. The third kappa shape index (κ3) is 4.01. The smallest absolute Gasteiger partial charge is 0.253 e. The molecule has 2 aromatic heterocycles. The summed E-state index contributed by atoms with van der Waals surface area (Å²) in [6.07, 6.45) is 4.89. The molecule has 0 unspecified atom stereocenters. The van der Waals surface area contributed by atoms with Crippen molar-refractivity contribution in [1.29, 1.82) is 0 Å². The van der Waals surface area contributed by atoms with E-state index >= 15 is 0 Å². The number of fused-ring (bicyclic) bond motifs is 2. The quantitative estimate of drug-likeness (QED) is 0.425. The topological polar surface area (TPSA) is 78.9 Å². The van der Waals surface area contributed by atoms with Crippen LogP contribution in [-0.4, -0.2) is 34.5 Å². The monoisotopic (exact) mass is 388 g/mol. The average Bonchev–Trinajstić information content (AvgIpc) is 3.31. The predicted octanol–water partition coefficient (Wildman–Crippen LogP) is 3.14. The van der Waals surface area contributed by atoms with Crippen LogP contribution in [0, 0.1) is 0 Å². The second-order valence-corrected chi connectivity index (χ2v) is 7.14. The lowest BCUT2D eigenvalue weighted by Crippen LogP contribution is -2.34. The highest BCUT2D eigenvalue weighted by Gasteiger charge is 2.13. The number of rotatable bonds is 7. The van der Waals surface area contributed by atoms with E-state index in [0.717, 1.165) is 27.4 Å². The molecule has 2 amide bonds. The van der Waals surface area contributed by atoms with Crippen LogP contribution in [-0.2, 0) is 18.3 Å². The normalized spacial score (nSPS) is 11.1. The molecule has 0 spiro atoms. The van der Waals surface area contributed by atoms with Gasteiger partial charge in [0.05, 0.1) is 5.56 Å². The van der Waals surface area contributed by atoms with Crippen LogP contribution < -0.4 is 10.6 Å². The summed E-state index contributed by atoms with van der Waals surface area (Å²) in [5, 5.41) is 7.84. The van der Waals surface area contributed by atoms with Gasteiger partial charge in [0.25, 0.3) is 5.91 Å². The van der Waals surface area contributed by atoms with Crippen molar-refractivity contribution < 1.29 is 9.59 Å². The molecule has 2 heterocycles. The van der Waals surface area contributed by atoms with Gasteiger partial charge in [0.2, 0.25) is 5.91 Å². The molecule has 0 aliphatic rings. The summed E-state index contributed by atoms with van der Waals surface area (Å²) < 4.78 is 1.94. The minimum atomic E-state index is -0.130. The van der Waals surface area contributed by atoms with Crippen molar-refractivity contribution >= 4 is 33.6 Å². The molecule has 3 N–H and O–H groups in total. The number of H-pyrrole nitrogens is 1. The lowest BCUT2D eigenvalue weighted by atomic mass is 10.1. The summed E-state index contributed by atoms with van der Waals surface area (Å²) in [5.41, 5.74) is 3.89. The summed E-state index contributed by atoms with van der Waals surface area (Å²) in [6, 6.07) is 15.9. The summed E-state index contributed by atoms with van der Waals surface area (Å²) >= 11 is 0. The molecule has 0 saturated carbocycles. The fourth-order valence-corrected chi connectivity index (χ4v) is 3.67. The minimum Gasteiger partial charge on any atom is -0.361 e. The number of para-hydroxylation sites is 2. The van der Waals surface area contributed by atoms with Gasteiger partial charge >= 0.3 is 0 Å². The molecule has 148 valence electrons. The van der Waals surface area contributed by atoms with Gasteiger partial charge in [-0.25, -0.2) is 0 Å². The average molecular weight is 388 g/mol. The van der Waals surface area contributed by atoms with Crippen LogP contribution in [0.5, 0.6) is 0 Å². The molecule has 0 radical (unpaired) electrons. The van der Waals surface area contributed by atoms with E-state index in [9.17, 15) is 9.59 Å². The number of hydrogen-bond donors (Lipinski definition) is 3. The van der Waals surface area contributed by atoms with Gasteiger partial charge < -0.3 is 20.2 Å². The first kappa shape index (κ1) is 18.8. The standard InChI is InChI=1S/C23H24N4O2/c1-27-15-19(18-7-3-5-9-21(18)27)23(29)25-13-12-24-22(28)11-10-16-14-26-20-8-4-2-6-17(16)20/h2-9,14-15,26H,10-13H2,1H3,(H,24,28)(H,25,29). The van der Waals surface area contributed by atoms with Crippen molar-refractivity contribution in [1.82, 2.24) is 20.2 Å². The molecular weight excluding hydrogens is 364 g/mol. The van der Waals surface area contributed by atoms with Crippen LogP contribution in [0.2, 0.25) is 0 Å². The molecule has 29 heavy (non-hydrogen) atoms. The van der Waals surface area contributed by atoms with Crippen molar-refractivity contribution in [3.8, 4) is 0 Å². The Labute approximate surface area is 168 Å². The van der Waals surface area contributed by atoms with Crippen molar-refractivity contribution in [3.05, 3.63) is 72.1 Å². The zero-order chi connectivity index (χ0) is 20.2. The van der Waals surface area contributed by atoms with Crippen LogP contribution in [0.25, 0.3) is 21.8 Å². The van der Waals surface area contributed by atoms with E-state index in [0.29, 0.717) is 31.5 Å². The summed E-state index contributed by atoms with van der Waals surface area (Å²) in [5.74, 6) is -0.149. The van der Waals surface area contributed by atoms with Crippen LogP contribution in [0.3, 0.4) is 0 Å². The zero-order valence-corrected chi connectivity index (χ0v) is 16.4. The molecule has 0 saturated heterocycles. The van der Waals surface area contributed by atoms with E-state index < -0.39 is 0 Å². The van der Waals surface area contributed by atoms with Gasteiger partial charge in [0, 0.05) is 60.8 Å². The Morgan fingerprint density at radius 1 is 0.966 bits per heavy atom. The highest BCUT2D eigenvalue weighted by molar-refractivity contribution is 6.07. The molecular formula is C23H24N4O2. The number of benzene rings is 2. The number of aromatic nitrogens is 2. The minimum absolute atomic E-state index is 0.0188. The van der Waals surface area contributed by atoms with Crippen LogP contribution in [0.1, 0.15) is 22.3 Å². The Bertz CT molecular complexity index is 1170. The number of carbonyl (C=O) groups is 2. The second kappa shape index (κ2) is 8.22. The molecule has 4 rings (SSSR count). The molecule has 0 atom stereocenters. The van der Waals surface area contributed by atoms with E-state index in [2.05, 4.69) is 21.7 Å². The van der Waals surface area contributed by atoms with E-state index in [1.807, 2.05) is 66.5 Å². The second-order valence-electron chi connectivity index (χ2n) is 7.14. The summed E-state index contributed by atoms with van der Waals surface area (Å²) in [6.45, 7) is 0.796. The molecule has 6 heteroatoms. The van der Waals surface area contributed by atoms with Crippen molar-refractivity contribution in [2.75, 3.05) is 13.1 Å². The van der Waals surface area contributed by atoms with Crippen LogP contribution in [0.15, 0.2) is 60.9 Å². The predicted molar refractivity (Wildman–Crippen MR) is 115 cm³/mol. The number of carbonyl (C=O) groups excluding carboxylic acids is 2. The molecule has 0 aliphatic carbocycles. The fraction of sp³-hybridized carbons (Fsp3) is 0.217. The van der Waals surface area contributed by atoms with E-state index in [1.165, 1.54) is 0 Å². The third-order valence-corrected chi connectivity index (χ3v) is 5.17. The molecule has 4 aromatic rings. The van der Waals surface area contributed by atoms with Gasteiger partial charge in [-0.2, -0.15) is 0 Å². The van der Waals surface area contributed by atoms with Gasteiger partial charge in [0.15, 0.2) is 0 Å². The number of hydrogen-bond acceptors (Lipinski definition) is 2. The van der Waals surface area contributed by atoms with E-state index in [4.69, 9.17) is 0 Å². The van der Waals surface area contributed by atoms with Gasteiger partial charge in [-0.15, -0.1) is 0 Å². The zero-order valence-electron chi connectivity index (χ0n) is 16.4. The van der Waals surface area contributed by atoms with Gasteiger partial charge in [-0.3, -0.25) is 9.59 Å². The van der Waals surface area contributed by atoms with Crippen molar-refractivity contribution in [3.63, 3.8) is 0 Å². The van der Waals surface area contributed by atoms with Gasteiger partial charge in [-0.05, 0) is 24.1 Å². The SMILES string of the molecule is Cn1cc(C(=O)NCCNC(=O)CCc2c[nH]c3ccccc23)c2ccccc21. The van der Waals surface area contributed by atoms with E-state index in [-0.39, 0.29) is 11.8 Å². The van der Waals surface area contributed by atoms with Crippen molar-refractivity contribution in [2.24, 2.45) is 7.05 Å². The first-order valence-corrected chi connectivity index (χ1v) is 9.77. The van der Waals surface area contributed by atoms with Crippen molar-refractivity contribution in [2.45, 2.75) is 12.8 Å². The maximum Gasteiger partial charge on any atom is 0.253 e. The van der Waals surface area contributed by atoms with E-state index in [1.54, 1.807) is 0 Å². The third-order valence-electron chi connectivity index (χ3n) is 5.17. The van der Waals surface area contributed by atoms with Crippen LogP contribution >= 0.6 is 0 Å². The lowest BCUT2D eigenvalue weighted by molar-refractivity contribution is -0.121. The summed E-state index contributed by atoms with van der Waals surface area (Å²) in [4.78, 5) is 27.8. The maximum atomic E-state index is 12.5. The first-order valence-electron chi connectivity index (χ1n) is 9.77. The fourth-order valence-electron chi connectivity index (χ4n) is 3.67. The largest absolute Gasteiger partial charge is 0.361 e. The maximum absolute atomic E-state index is 12.5. The number of amides is 2. The molecule has 0 bridgehead atoms. The Hall–Kier alpha value is -3.54. The first-order chi connectivity index (χ1) is 14.1. The Balaban J connectivity index is 1.24.